The maximum Gasteiger partial charge on any atom is 0.0587 e. The van der Waals surface area contributed by atoms with Crippen LogP contribution in [0, 0.1) is 0 Å². The summed E-state index contributed by atoms with van der Waals surface area (Å²) < 4.78 is 4.87. The van der Waals surface area contributed by atoms with Crippen LogP contribution in [0.2, 0.25) is 0 Å². The Labute approximate surface area is 63.3 Å². The molecule has 1 N–H and O–H groups in total. The third-order valence-electron chi connectivity index (χ3n) is 1.21. The molecule has 0 aliphatic rings. The average molecular weight is 143 g/mol. The Hall–Kier alpha value is -0.340. The van der Waals surface area contributed by atoms with Gasteiger partial charge in [0.15, 0.2) is 0 Å². The van der Waals surface area contributed by atoms with E-state index in [1.54, 1.807) is 7.11 Å². The van der Waals surface area contributed by atoms with Gasteiger partial charge in [0.1, 0.15) is 0 Å². The lowest BCUT2D eigenvalue weighted by Crippen LogP contribution is -2.19. The summed E-state index contributed by atoms with van der Waals surface area (Å²) in [4.78, 5) is 0. The van der Waals surface area contributed by atoms with Crippen molar-refractivity contribution in [2.24, 2.45) is 0 Å². The van der Waals surface area contributed by atoms with Crippen molar-refractivity contribution in [2.45, 2.75) is 13.3 Å². The number of hydrogen-bond acceptors (Lipinski definition) is 2. The summed E-state index contributed by atoms with van der Waals surface area (Å²) >= 11 is 0. The fraction of sp³-hybridized carbons (Fsp3) is 0.750. The van der Waals surface area contributed by atoms with Gasteiger partial charge >= 0.3 is 0 Å². The van der Waals surface area contributed by atoms with E-state index >= 15 is 0 Å². The van der Waals surface area contributed by atoms with Gasteiger partial charge in [0.2, 0.25) is 0 Å². The van der Waals surface area contributed by atoms with Crippen LogP contribution in [-0.2, 0) is 4.74 Å². The molecule has 0 aromatic rings. The van der Waals surface area contributed by atoms with Crippen molar-refractivity contribution in [1.29, 1.82) is 0 Å². The molecule has 0 saturated heterocycles. The van der Waals surface area contributed by atoms with Crippen LogP contribution in [0.5, 0.6) is 0 Å². The molecule has 0 spiro atoms. The van der Waals surface area contributed by atoms with Crippen molar-refractivity contribution in [3.8, 4) is 0 Å². The van der Waals surface area contributed by atoms with Crippen LogP contribution in [0.15, 0.2) is 12.2 Å². The normalized spacial score (nSPS) is 11.0. The Kier molecular flexibility index (Phi) is 8.37. The molecule has 0 unspecified atom stereocenters. The first-order chi connectivity index (χ1) is 4.91. The van der Waals surface area contributed by atoms with E-state index in [-0.39, 0.29) is 0 Å². The van der Waals surface area contributed by atoms with Gasteiger partial charge in [0.05, 0.1) is 6.61 Å². The van der Waals surface area contributed by atoms with Crippen LogP contribution in [0.25, 0.3) is 0 Å². The zero-order chi connectivity index (χ0) is 7.66. The standard InChI is InChI=1S/C8H17NO/c1-3-4-5-6-9-7-8-10-2/h3-4,9H,5-8H2,1-2H3. The summed E-state index contributed by atoms with van der Waals surface area (Å²) in [5, 5.41) is 3.24. The molecule has 0 amide bonds. The Bertz CT molecular complexity index is 81.3. The fourth-order valence-corrected chi connectivity index (χ4v) is 0.651. The Morgan fingerprint density at radius 1 is 1.40 bits per heavy atom. The van der Waals surface area contributed by atoms with Crippen LogP contribution in [0.1, 0.15) is 13.3 Å². The molecule has 0 atom stereocenters. The lowest BCUT2D eigenvalue weighted by atomic mass is 10.4. The highest BCUT2D eigenvalue weighted by molar-refractivity contribution is 4.77. The summed E-state index contributed by atoms with van der Waals surface area (Å²) in [6, 6.07) is 0. The molecule has 0 bridgehead atoms. The lowest BCUT2D eigenvalue weighted by molar-refractivity contribution is 0.199. The van der Waals surface area contributed by atoms with Crippen LogP contribution in [0.4, 0.5) is 0 Å². The number of nitrogens with one attached hydrogen (secondary N) is 1. The van der Waals surface area contributed by atoms with Gasteiger partial charge < -0.3 is 10.1 Å². The van der Waals surface area contributed by atoms with Crippen LogP contribution < -0.4 is 5.32 Å². The molecule has 0 saturated carbocycles. The summed E-state index contributed by atoms with van der Waals surface area (Å²) in [7, 11) is 1.72. The first-order valence-electron chi connectivity index (χ1n) is 3.72. The van der Waals surface area contributed by atoms with E-state index in [0.29, 0.717) is 0 Å². The molecule has 0 radical (unpaired) electrons. The Morgan fingerprint density at radius 2 is 2.20 bits per heavy atom. The molecule has 0 fully saturated rings. The number of rotatable bonds is 6. The summed E-state index contributed by atoms with van der Waals surface area (Å²) in [5.74, 6) is 0. The van der Waals surface area contributed by atoms with Crippen LogP contribution in [0.3, 0.4) is 0 Å². The maximum absolute atomic E-state index is 4.87. The van der Waals surface area contributed by atoms with Crippen molar-refractivity contribution in [3.63, 3.8) is 0 Å². The first-order valence-corrected chi connectivity index (χ1v) is 3.72. The largest absolute Gasteiger partial charge is 0.383 e. The van der Waals surface area contributed by atoms with Crippen molar-refractivity contribution >= 4 is 0 Å². The van der Waals surface area contributed by atoms with Crippen LogP contribution in [-0.4, -0.2) is 26.8 Å². The lowest BCUT2D eigenvalue weighted by Gasteiger charge is -1.99. The van der Waals surface area contributed by atoms with Gasteiger partial charge in [-0.25, -0.2) is 0 Å². The highest BCUT2D eigenvalue weighted by Crippen LogP contribution is 1.78. The molecule has 0 rings (SSSR count). The predicted octanol–water partition coefficient (Wildman–Crippen LogP) is 1.19. The van der Waals surface area contributed by atoms with Gasteiger partial charge in [-0.3, -0.25) is 0 Å². The first kappa shape index (κ1) is 9.66. The van der Waals surface area contributed by atoms with E-state index in [1.165, 1.54) is 0 Å². The van der Waals surface area contributed by atoms with E-state index < -0.39 is 0 Å². The van der Waals surface area contributed by atoms with Crippen LogP contribution >= 0.6 is 0 Å². The van der Waals surface area contributed by atoms with Gasteiger partial charge in [-0.1, -0.05) is 12.2 Å². The number of ether oxygens (including phenoxy) is 1. The molecule has 0 aromatic heterocycles. The second-order valence-corrected chi connectivity index (χ2v) is 2.10. The minimum atomic E-state index is 0.801. The smallest absolute Gasteiger partial charge is 0.0587 e. The fourth-order valence-electron chi connectivity index (χ4n) is 0.651. The highest BCUT2D eigenvalue weighted by Gasteiger charge is 1.82. The van der Waals surface area contributed by atoms with Gasteiger partial charge in [0, 0.05) is 13.7 Å². The average Bonchev–Trinajstić information content (AvgIpc) is 1.97. The molecule has 60 valence electrons. The van der Waals surface area contributed by atoms with Crippen molar-refractivity contribution in [1.82, 2.24) is 5.32 Å². The second-order valence-electron chi connectivity index (χ2n) is 2.10. The molecule has 0 aromatic carbocycles. The SMILES string of the molecule is CC=CCCNCCOC. The number of allylic oxidation sites excluding steroid dienone is 1. The Morgan fingerprint density at radius 3 is 2.80 bits per heavy atom. The highest BCUT2D eigenvalue weighted by atomic mass is 16.5. The molecule has 0 aliphatic heterocycles. The summed E-state index contributed by atoms with van der Waals surface area (Å²) in [6.07, 6.45) is 5.33. The summed E-state index contributed by atoms with van der Waals surface area (Å²) in [5.41, 5.74) is 0. The number of hydrogen-bond donors (Lipinski definition) is 1. The number of methoxy groups -OCH3 is 1. The van der Waals surface area contributed by atoms with Crippen molar-refractivity contribution in [2.75, 3.05) is 26.8 Å². The molecule has 2 nitrogen and oxygen atoms in total. The van der Waals surface area contributed by atoms with E-state index in [4.69, 9.17) is 4.74 Å². The monoisotopic (exact) mass is 143 g/mol. The van der Waals surface area contributed by atoms with E-state index in [9.17, 15) is 0 Å². The molecule has 0 aliphatic carbocycles. The van der Waals surface area contributed by atoms with Crippen molar-refractivity contribution < 1.29 is 4.74 Å². The van der Waals surface area contributed by atoms with Gasteiger partial charge in [-0.15, -0.1) is 0 Å². The molecule has 2 heteroatoms. The van der Waals surface area contributed by atoms with Gasteiger partial charge in [-0.05, 0) is 19.9 Å². The molecule has 10 heavy (non-hydrogen) atoms. The maximum atomic E-state index is 4.87. The topological polar surface area (TPSA) is 21.3 Å². The Balaban J connectivity index is 2.77. The predicted molar refractivity (Wildman–Crippen MR) is 44.2 cm³/mol. The molecular weight excluding hydrogens is 126 g/mol. The molecular formula is C8H17NO. The van der Waals surface area contributed by atoms with Crippen molar-refractivity contribution in [3.05, 3.63) is 12.2 Å². The minimum Gasteiger partial charge on any atom is -0.383 e. The minimum absolute atomic E-state index is 0.801. The third kappa shape index (κ3) is 7.66. The van der Waals surface area contributed by atoms with E-state index in [2.05, 4.69) is 17.5 Å². The van der Waals surface area contributed by atoms with E-state index in [1.807, 2.05) is 6.92 Å². The van der Waals surface area contributed by atoms with Gasteiger partial charge in [-0.2, -0.15) is 0 Å². The molecule has 0 heterocycles. The summed E-state index contributed by atoms with van der Waals surface area (Å²) in [6.45, 7) is 4.84. The van der Waals surface area contributed by atoms with E-state index in [0.717, 1.165) is 26.1 Å². The third-order valence-corrected chi connectivity index (χ3v) is 1.21. The zero-order valence-electron chi connectivity index (χ0n) is 6.89. The quantitative estimate of drug-likeness (QED) is 0.445. The zero-order valence-corrected chi connectivity index (χ0v) is 6.89. The second kappa shape index (κ2) is 8.66. The van der Waals surface area contributed by atoms with Gasteiger partial charge in [0.25, 0.3) is 0 Å².